The molecule has 0 aliphatic rings. The van der Waals surface area contributed by atoms with E-state index in [-0.39, 0.29) is 10.8 Å². The van der Waals surface area contributed by atoms with E-state index in [2.05, 4.69) is 10.1 Å². The molecule has 0 amide bonds. The highest BCUT2D eigenvalue weighted by Crippen LogP contribution is 2.29. The van der Waals surface area contributed by atoms with Gasteiger partial charge in [0.15, 0.2) is 0 Å². The molecule has 1 N–H and O–H groups in total. The molecular formula is C12H11Cl2N3O. The summed E-state index contributed by atoms with van der Waals surface area (Å²) in [6.45, 7) is 1.24. The molecule has 0 aliphatic carbocycles. The molecule has 0 fully saturated rings. The second-order valence-electron chi connectivity index (χ2n) is 3.63. The third kappa shape index (κ3) is 3.24. The van der Waals surface area contributed by atoms with Gasteiger partial charge in [0, 0.05) is 29.2 Å². The zero-order valence-corrected chi connectivity index (χ0v) is 10.9. The molecule has 4 nitrogen and oxygen atoms in total. The van der Waals surface area contributed by atoms with E-state index in [9.17, 15) is 5.11 Å². The van der Waals surface area contributed by atoms with E-state index in [0.29, 0.717) is 23.7 Å². The summed E-state index contributed by atoms with van der Waals surface area (Å²) in [5, 5.41) is 14.4. The van der Waals surface area contributed by atoms with Crippen LogP contribution >= 0.6 is 23.2 Å². The Bertz CT molecular complexity index is 553. The molecular weight excluding hydrogens is 273 g/mol. The number of benzene rings is 1. The van der Waals surface area contributed by atoms with Gasteiger partial charge in [-0.1, -0.05) is 23.2 Å². The van der Waals surface area contributed by atoms with Crippen LogP contribution in [0.1, 0.15) is 5.56 Å². The second-order valence-corrected chi connectivity index (χ2v) is 4.47. The molecule has 0 spiro atoms. The Balaban J connectivity index is 2.00. The van der Waals surface area contributed by atoms with Gasteiger partial charge in [0.2, 0.25) is 0 Å². The van der Waals surface area contributed by atoms with Crippen LogP contribution in [0.5, 0.6) is 5.75 Å². The molecule has 18 heavy (non-hydrogen) atoms. The molecule has 94 valence electrons. The number of hydrogen-bond donors (Lipinski definition) is 1. The van der Waals surface area contributed by atoms with E-state index in [1.165, 1.54) is 6.07 Å². The van der Waals surface area contributed by atoms with Crippen LogP contribution in [0.25, 0.3) is 0 Å². The first-order valence-corrected chi connectivity index (χ1v) is 6.07. The van der Waals surface area contributed by atoms with Gasteiger partial charge in [-0.25, -0.2) is 0 Å². The van der Waals surface area contributed by atoms with Gasteiger partial charge in [-0.3, -0.25) is 9.67 Å². The molecule has 1 aromatic carbocycles. The molecule has 0 unspecified atom stereocenters. The van der Waals surface area contributed by atoms with E-state index in [1.54, 1.807) is 23.2 Å². The summed E-state index contributed by atoms with van der Waals surface area (Å²) in [5.74, 6) is -0.0103. The van der Waals surface area contributed by atoms with Crippen LogP contribution in [0.2, 0.25) is 10.0 Å². The quantitative estimate of drug-likeness (QED) is 0.877. The Morgan fingerprint density at radius 3 is 2.94 bits per heavy atom. The Labute approximate surface area is 114 Å². The van der Waals surface area contributed by atoms with Gasteiger partial charge in [-0.2, -0.15) is 5.10 Å². The maximum Gasteiger partial charge on any atom is 0.143 e. The topological polar surface area (TPSA) is 50.4 Å². The highest BCUT2D eigenvalue weighted by Gasteiger charge is 2.05. The molecule has 0 saturated heterocycles. The summed E-state index contributed by atoms with van der Waals surface area (Å²) in [6.07, 6.45) is 5.13. The number of phenols is 1. The lowest BCUT2D eigenvalue weighted by Crippen LogP contribution is -2.01. The third-order valence-corrected chi connectivity index (χ3v) is 2.81. The molecule has 2 rings (SSSR count). The van der Waals surface area contributed by atoms with Crippen molar-refractivity contribution in [1.29, 1.82) is 0 Å². The smallest absolute Gasteiger partial charge is 0.143 e. The normalized spacial score (nSPS) is 11.2. The van der Waals surface area contributed by atoms with Gasteiger partial charge in [-0.15, -0.1) is 0 Å². The van der Waals surface area contributed by atoms with Crippen molar-refractivity contribution in [2.24, 2.45) is 4.99 Å². The van der Waals surface area contributed by atoms with Crippen LogP contribution < -0.4 is 0 Å². The second kappa shape index (κ2) is 5.89. The predicted octanol–water partition coefficient (Wildman–Crippen LogP) is 3.01. The van der Waals surface area contributed by atoms with Crippen LogP contribution in [0.3, 0.4) is 0 Å². The Kier molecular flexibility index (Phi) is 4.23. The van der Waals surface area contributed by atoms with E-state index in [0.717, 1.165) is 0 Å². The lowest BCUT2D eigenvalue weighted by atomic mass is 10.2. The highest BCUT2D eigenvalue weighted by molar-refractivity contribution is 6.36. The van der Waals surface area contributed by atoms with Crippen molar-refractivity contribution >= 4 is 29.4 Å². The summed E-state index contributed by atoms with van der Waals surface area (Å²) in [5.41, 5.74) is 0.507. The van der Waals surface area contributed by atoms with E-state index < -0.39 is 0 Å². The van der Waals surface area contributed by atoms with Gasteiger partial charge in [-0.05, 0) is 18.2 Å². The monoisotopic (exact) mass is 283 g/mol. The van der Waals surface area contributed by atoms with Crippen LogP contribution in [-0.2, 0) is 6.54 Å². The number of rotatable bonds is 4. The molecule has 0 saturated carbocycles. The molecule has 0 bridgehead atoms. The zero-order valence-electron chi connectivity index (χ0n) is 9.42. The Morgan fingerprint density at radius 2 is 2.22 bits per heavy atom. The third-order valence-electron chi connectivity index (χ3n) is 2.31. The molecule has 1 aromatic heterocycles. The van der Waals surface area contributed by atoms with Crippen molar-refractivity contribution in [2.75, 3.05) is 6.54 Å². The first-order valence-electron chi connectivity index (χ1n) is 5.32. The fourth-order valence-electron chi connectivity index (χ4n) is 1.44. The van der Waals surface area contributed by atoms with E-state index >= 15 is 0 Å². The number of aromatic nitrogens is 2. The van der Waals surface area contributed by atoms with Crippen molar-refractivity contribution in [3.63, 3.8) is 0 Å². The number of aromatic hydroxyl groups is 1. The molecule has 2 aromatic rings. The van der Waals surface area contributed by atoms with Crippen molar-refractivity contribution in [3.8, 4) is 5.75 Å². The minimum absolute atomic E-state index is 0.0103. The minimum atomic E-state index is -0.0103. The summed E-state index contributed by atoms with van der Waals surface area (Å²) in [7, 11) is 0. The zero-order chi connectivity index (χ0) is 13.0. The van der Waals surface area contributed by atoms with Crippen LogP contribution in [0, 0.1) is 0 Å². The number of halogens is 2. The first-order chi connectivity index (χ1) is 8.66. The van der Waals surface area contributed by atoms with Crippen LogP contribution in [0.4, 0.5) is 0 Å². The average molecular weight is 284 g/mol. The Hall–Kier alpha value is -1.52. The highest BCUT2D eigenvalue weighted by atomic mass is 35.5. The van der Waals surface area contributed by atoms with Crippen molar-refractivity contribution < 1.29 is 5.11 Å². The standard InChI is InChI=1S/C12H11Cl2N3O/c13-10-6-9(12(18)11(14)7-10)8-15-3-5-17-4-1-2-16-17/h1-2,4,6-8,18H,3,5H2. The first kappa shape index (κ1) is 12.9. The largest absolute Gasteiger partial charge is 0.506 e. The number of aliphatic imine (C=N–C) groups is 1. The Morgan fingerprint density at radius 1 is 1.39 bits per heavy atom. The van der Waals surface area contributed by atoms with Crippen molar-refractivity contribution in [2.45, 2.75) is 6.54 Å². The van der Waals surface area contributed by atoms with Gasteiger partial charge in [0.1, 0.15) is 5.75 Å². The summed E-state index contributed by atoms with van der Waals surface area (Å²) in [4.78, 5) is 4.20. The minimum Gasteiger partial charge on any atom is -0.506 e. The predicted molar refractivity (Wildman–Crippen MR) is 72.8 cm³/mol. The van der Waals surface area contributed by atoms with E-state index in [1.807, 2.05) is 12.3 Å². The lowest BCUT2D eigenvalue weighted by molar-refractivity contribution is 0.474. The number of hydrogen-bond acceptors (Lipinski definition) is 3. The van der Waals surface area contributed by atoms with Gasteiger partial charge >= 0.3 is 0 Å². The maximum absolute atomic E-state index is 9.71. The summed E-state index contributed by atoms with van der Waals surface area (Å²) >= 11 is 11.6. The fraction of sp³-hybridized carbons (Fsp3) is 0.167. The summed E-state index contributed by atoms with van der Waals surface area (Å²) in [6, 6.07) is 4.95. The molecule has 0 atom stereocenters. The molecule has 1 heterocycles. The van der Waals surface area contributed by atoms with Crippen LogP contribution in [0.15, 0.2) is 35.6 Å². The maximum atomic E-state index is 9.71. The average Bonchev–Trinajstić information content (AvgIpc) is 2.83. The molecule has 0 aliphatic heterocycles. The molecule has 6 heteroatoms. The van der Waals surface area contributed by atoms with Gasteiger partial charge in [0.25, 0.3) is 0 Å². The van der Waals surface area contributed by atoms with Crippen molar-refractivity contribution in [1.82, 2.24) is 9.78 Å². The fourth-order valence-corrected chi connectivity index (χ4v) is 1.95. The number of nitrogens with zero attached hydrogens (tertiary/aromatic N) is 3. The lowest BCUT2D eigenvalue weighted by Gasteiger charge is -2.02. The SMILES string of the molecule is Oc1c(Cl)cc(Cl)cc1C=NCCn1cccn1. The molecule has 0 radical (unpaired) electrons. The van der Waals surface area contributed by atoms with Gasteiger partial charge in [0.05, 0.1) is 18.1 Å². The van der Waals surface area contributed by atoms with Gasteiger partial charge < -0.3 is 5.11 Å². The van der Waals surface area contributed by atoms with Crippen molar-refractivity contribution in [3.05, 3.63) is 46.2 Å². The van der Waals surface area contributed by atoms with E-state index in [4.69, 9.17) is 23.2 Å². The van der Waals surface area contributed by atoms with Crippen LogP contribution in [-0.4, -0.2) is 27.6 Å². The summed E-state index contributed by atoms with van der Waals surface area (Å²) < 4.78 is 1.78. The number of phenolic OH excluding ortho intramolecular Hbond substituents is 1.